The Morgan fingerprint density at radius 3 is 2.59 bits per heavy atom. The second kappa shape index (κ2) is 6.68. The standard InChI is InChI=1S/C16H18F2N2O2/c1-3-4-5-6-10-7-8-11(14(18)13(10)17)12-9-19-20(2)15(12)16(21)22/h7-9H,3-6H2,1-2H3,(H,21,22). The molecular weight excluding hydrogens is 290 g/mol. The molecule has 0 unspecified atom stereocenters. The molecule has 0 aliphatic carbocycles. The van der Waals surface area contributed by atoms with E-state index in [1.54, 1.807) is 0 Å². The normalized spacial score (nSPS) is 10.9. The topological polar surface area (TPSA) is 55.1 Å². The highest BCUT2D eigenvalue weighted by atomic mass is 19.2. The molecule has 0 radical (unpaired) electrons. The number of aromatic nitrogens is 2. The molecule has 0 saturated heterocycles. The number of carbonyl (C=O) groups is 1. The van der Waals surface area contributed by atoms with Crippen LogP contribution in [-0.2, 0) is 13.5 Å². The van der Waals surface area contributed by atoms with E-state index in [0.717, 1.165) is 23.9 Å². The molecule has 0 atom stereocenters. The average molecular weight is 308 g/mol. The van der Waals surface area contributed by atoms with Gasteiger partial charge in [0.05, 0.1) is 6.20 Å². The van der Waals surface area contributed by atoms with E-state index in [1.807, 2.05) is 6.92 Å². The van der Waals surface area contributed by atoms with Gasteiger partial charge in [0.1, 0.15) is 0 Å². The molecule has 0 amide bonds. The van der Waals surface area contributed by atoms with Gasteiger partial charge in [-0.15, -0.1) is 0 Å². The molecule has 4 nitrogen and oxygen atoms in total. The zero-order valence-electron chi connectivity index (χ0n) is 12.6. The maximum absolute atomic E-state index is 14.3. The van der Waals surface area contributed by atoms with Gasteiger partial charge >= 0.3 is 5.97 Å². The first-order chi connectivity index (χ1) is 10.5. The molecular formula is C16H18F2N2O2. The lowest BCUT2D eigenvalue weighted by molar-refractivity contribution is 0.0686. The minimum absolute atomic E-state index is 0.0755. The molecule has 1 heterocycles. The van der Waals surface area contributed by atoms with Crippen molar-refractivity contribution >= 4 is 5.97 Å². The Morgan fingerprint density at radius 2 is 1.95 bits per heavy atom. The number of aryl methyl sites for hydroxylation is 2. The Labute approximate surface area is 127 Å². The van der Waals surface area contributed by atoms with Crippen LogP contribution in [0.5, 0.6) is 0 Å². The second-order valence-electron chi connectivity index (χ2n) is 5.19. The van der Waals surface area contributed by atoms with Gasteiger partial charge in [0.25, 0.3) is 0 Å². The molecule has 6 heteroatoms. The van der Waals surface area contributed by atoms with Gasteiger partial charge < -0.3 is 5.11 Å². The predicted molar refractivity (Wildman–Crippen MR) is 78.7 cm³/mol. The van der Waals surface area contributed by atoms with Crippen LogP contribution in [0.15, 0.2) is 18.3 Å². The molecule has 0 spiro atoms. The molecule has 0 aliphatic heterocycles. The van der Waals surface area contributed by atoms with Crippen LogP contribution in [0.2, 0.25) is 0 Å². The monoisotopic (exact) mass is 308 g/mol. The molecule has 118 valence electrons. The van der Waals surface area contributed by atoms with Crippen LogP contribution >= 0.6 is 0 Å². The van der Waals surface area contributed by atoms with Gasteiger partial charge in [-0.25, -0.2) is 13.6 Å². The predicted octanol–water partition coefficient (Wildman–Crippen LogP) is 3.80. The lowest BCUT2D eigenvalue weighted by Gasteiger charge is -2.08. The molecule has 0 fully saturated rings. The quantitative estimate of drug-likeness (QED) is 0.826. The molecule has 2 rings (SSSR count). The number of carboxylic acid groups (broad SMARTS) is 1. The summed E-state index contributed by atoms with van der Waals surface area (Å²) >= 11 is 0. The third-order valence-corrected chi connectivity index (χ3v) is 3.64. The van der Waals surface area contributed by atoms with E-state index in [2.05, 4.69) is 5.10 Å². The summed E-state index contributed by atoms with van der Waals surface area (Å²) < 4.78 is 29.6. The van der Waals surface area contributed by atoms with E-state index >= 15 is 0 Å². The Kier molecular flexibility index (Phi) is 4.90. The fourth-order valence-electron chi connectivity index (χ4n) is 2.44. The number of hydrogen-bond donors (Lipinski definition) is 1. The summed E-state index contributed by atoms with van der Waals surface area (Å²) in [6, 6.07) is 2.94. The van der Waals surface area contributed by atoms with Crippen molar-refractivity contribution in [1.82, 2.24) is 9.78 Å². The van der Waals surface area contributed by atoms with Gasteiger partial charge in [0.15, 0.2) is 17.3 Å². The number of unbranched alkanes of at least 4 members (excludes halogenated alkanes) is 2. The largest absolute Gasteiger partial charge is 0.477 e. The van der Waals surface area contributed by atoms with Crippen LogP contribution in [0.4, 0.5) is 8.78 Å². The summed E-state index contributed by atoms with van der Waals surface area (Å²) in [4.78, 5) is 11.2. The van der Waals surface area contributed by atoms with E-state index in [1.165, 1.54) is 25.4 Å². The van der Waals surface area contributed by atoms with Crippen LogP contribution in [0, 0.1) is 11.6 Å². The minimum Gasteiger partial charge on any atom is -0.477 e. The fourth-order valence-corrected chi connectivity index (χ4v) is 2.44. The fraction of sp³-hybridized carbons (Fsp3) is 0.375. The van der Waals surface area contributed by atoms with Crippen molar-refractivity contribution in [3.8, 4) is 11.1 Å². The SMILES string of the molecule is CCCCCc1ccc(-c2cnn(C)c2C(=O)O)c(F)c1F. The van der Waals surface area contributed by atoms with Crippen LogP contribution in [0.3, 0.4) is 0 Å². The van der Waals surface area contributed by atoms with Crippen molar-refractivity contribution < 1.29 is 18.7 Å². The summed E-state index contributed by atoms with van der Waals surface area (Å²) in [5.74, 6) is -3.17. The van der Waals surface area contributed by atoms with Gasteiger partial charge in [-0.05, 0) is 18.4 Å². The number of rotatable bonds is 6. The van der Waals surface area contributed by atoms with Crippen molar-refractivity contribution in [1.29, 1.82) is 0 Å². The van der Waals surface area contributed by atoms with Gasteiger partial charge in [0.2, 0.25) is 0 Å². The van der Waals surface area contributed by atoms with E-state index in [-0.39, 0.29) is 16.8 Å². The first-order valence-corrected chi connectivity index (χ1v) is 7.19. The van der Waals surface area contributed by atoms with Crippen molar-refractivity contribution in [2.75, 3.05) is 0 Å². The molecule has 22 heavy (non-hydrogen) atoms. The van der Waals surface area contributed by atoms with Gasteiger partial charge in [-0.1, -0.05) is 31.9 Å². The van der Waals surface area contributed by atoms with Crippen molar-refractivity contribution in [3.05, 3.63) is 41.2 Å². The Hall–Kier alpha value is -2.24. The van der Waals surface area contributed by atoms with E-state index in [9.17, 15) is 18.7 Å². The molecule has 0 saturated carbocycles. The molecule has 1 aromatic carbocycles. The lowest BCUT2D eigenvalue weighted by Crippen LogP contribution is -2.07. The zero-order valence-corrected chi connectivity index (χ0v) is 12.6. The third kappa shape index (κ3) is 3.00. The van der Waals surface area contributed by atoms with Gasteiger partial charge in [-0.2, -0.15) is 5.10 Å². The Bertz CT molecular complexity index is 696. The van der Waals surface area contributed by atoms with Crippen molar-refractivity contribution in [2.45, 2.75) is 32.6 Å². The highest BCUT2D eigenvalue weighted by Crippen LogP contribution is 2.29. The summed E-state index contributed by atoms with van der Waals surface area (Å²) in [6.07, 6.45) is 4.45. The first kappa shape index (κ1) is 16.1. The Balaban J connectivity index is 2.42. The molecule has 0 aliphatic rings. The number of carboxylic acids is 1. The Morgan fingerprint density at radius 1 is 1.23 bits per heavy atom. The van der Waals surface area contributed by atoms with Crippen LogP contribution in [0.1, 0.15) is 42.2 Å². The maximum Gasteiger partial charge on any atom is 0.354 e. The van der Waals surface area contributed by atoms with Crippen LogP contribution in [-0.4, -0.2) is 20.9 Å². The van der Waals surface area contributed by atoms with Crippen LogP contribution < -0.4 is 0 Å². The van der Waals surface area contributed by atoms with Crippen molar-refractivity contribution in [2.24, 2.45) is 7.05 Å². The number of aromatic carboxylic acids is 1. The highest BCUT2D eigenvalue weighted by molar-refractivity contribution is 5.94. The number of benzene rings is 1. The summed E-state index contributed by atoms with van der Waals surface area (Å²) in [7, 11) is 1.44. The first-order valence-electron chi connectivity index (χ1n) is 7.19. The average Bonchev–Trinajstić information content (AvgIpc) is 2.85. The number of halogens is 2. The van der Waals surface area contributed by atoms with E-state index in [4.69, 9.17) is 0 Å². The van der Waals surface area contributed by atoms with E-state index < -0.39 is 17.6 Å². The maximum atomic E-state index is 14.3. The highest BCUT2D eigenvalue weighted by Gasteiger charge is 2.22. The van der Waals surface area contributed by atoms with E-state index in [0.29, 0.717) is 12.0 Å². The van der Waals surface area contributed by atoms with Gasteiger partial charge in [0, 0.05) is 18.2 Å². The molecule has 0 bridgehead atoms. The minimum atomic E-state index is -1.23. The molecule has 1 aromatic heterocycles. The zero-order chi connectivity index (χ0) is 16.3. The smallest absolute Gasteiger partial charge is 0.354 e. The lowest BCUT2D eigenvalue weighted by atomic mass is 10.00. The number of nitrogens with zero attached hydrogens (tertiary/aromatic N) is 2. The summed E-state index contributed by atoms with van der Waals surface area (Å²) in [6.45, 7) is 2.04. The van der Waals surface area contributed by atoms with Gasteiger partial charge in [-0.3, -0.25) is 4.68 Å². The van der Waals surface area contributed by atoms with Crippen LogP contribution in [0.25, 0.3) is 11.1 Å². The summed E-state index contributed by atoms with van der Waals surface area (Å²) in [5, 5.41) is 13.0. The molecule has 2 aromatic rings. The molecule has 1 N–H and O–H groups in total. The third-order valence-electron chi connectivity index (χ3n) is 3.64. The van der Waals surface area contributed by atoms with Crippen molar-refractivity contribution in [3.63, 3.8) is 0 Å². The summed E-state index contributed by atoms with van der Waals surface area (Å²) in [5.41, 5.74) is 0.140. The number of hydrogen-bond acceptors (Lipinski definition) is 2. The second-order valence-corrected chi connectivity index (χ2v) is 5.19.